The maximum Gasteiger partial charge on any atom is 0.159 e. The first kappa shape index (κ1) is 13.3. The number of sulfone groups is 1. The van der Waals surface area contributed by atoms with Gasteiger partial charge in [-0.25, -0.2) is 8.42 Å². The van der Waals surface area contributed by atoms with Crippen LogP contribution in [0, 0.1) is 0 Å². The molecule has 1 aliphatic heterocycles. The van der Waals surface area contributed by atoms with Crippen LogP contribution in [0.2, 0.25) is 0 Å². The van der Waals surface area contributed by atoms with Gasteiger partial charge in [0.25, 0.3) is 0 Å². The number of rotatable bonds is 4. The predicted molar refractivity (Wildman–Crippen MR) is 67.1 cm³/mol. The molecule has 0 aromatic heterocycles. The molecule has 2 atom stereocenters. The molecule has 18 heavy (non-hydrogen) atoms. The van der Waals surface area contributed by atoms with E-state index in [-0.39, 0.29) is 17.5 Å². The topological polar surface area (TPSA) is 80.2 Å². The van der Waals surface area contributed by atoms with Gasteiger partial charge in [0, 0.05) is 5.56 Å². The summed E-state index contributed by atoms with van der Waals surface area (Å²) in [6.07, 6.45) is -0.763. The van der Waals surface area contributed by atoms with Gasteiger partial charge in [-0.2, -0.15) is 0 Å². The number of ether oxygens (including phenoxy) is 1. The summed E-state index contributed by atoms with van der Waals surface area (Å²) < 4.78 is 27.8. The Labute approximate surface area is 107 Å². The van der Waals surface area contributed by atoms with Gasteiger partial charge in [-0.15, -0.1) is 0 Å². The third kappa shape index (κ3) is 3.22. The van der Waals surface area contributed by atoms with E-state index in [0.717, 1.165) is 11.3 Å². The standard InChI is InChI=1S/C12H17NO4S/c1-17-10-4-2-3-9(5-10)6-13-11-7-18(15,16)8-12(11)14/h2-5,11-14H,6-8H2,1H3/p+1/t11-,12+/m0/s1. The molecule has 0 bridgehead atoms. The second-order valence-corrected chi connectivity index (χ2v) is 6.75. The van der Waals surface area contributed by atoms with Crippen LogP contribution in [0.4, 0.5) is 0 Å². The van der Waals surface area contributed by atoms with Crippen molar-refractivity contribution in [2.45, 2.75) is 18.7 Å². The Kier molecular flexibility index (Phi) is 3.89. The molecule has 1 aromatic rings. The normalized spacial score (nSPS) is 26.1. The van der Waals surface area contributed by atoms with Crippen molar-refractivity contribution in [1.82, 2.24) is 0 Å². The summed E-state index contributed by atoms with van der Waals surface area (Å²) in [5.74, 6) is 0.713. The van der Waals surface area contributed by atoms with Crippen molar-refractivity contribution in [1.29, 1.82) is 0 Å². The van der Waals surface area contributed by atoms with E-state index in [9.17, 15) is 13.5 Å². The highest BCUT2D eigenvalue weighted by molar-refractivity contribution is 7.91. The fourth-order valence-electron chi connectivity index (χ4n) is 2.17. The highest BCUT2D eigenvalue weighted by Gasteiger charge is 2.38. The first-order chi connectivity index (χ1) is 8.50. The fourth-order valence-corrected chi connectivity index (χ4v) is 4.02. The van der Waals surface area contributed by atoms with Crippen LogP contribution in [0.25, 0.3) is 0 Å². The molecule has 3 N–H and O–H groups in total. The summed E-state index contributed by atoms with van der Waals surface area (Å²) in [6.45, 7) is 0.633. The molecule has 1 saturated heterocycles. The number of aliphatic hydroxyl groups excluding tert-OH is 1. The van der Waals surface area contributed by atoms with Crippen LogP contribution in [0.3, 0.4) is 0 Å². The van der Waals surface area contributed by atoms with Crippen molar-refractivity contribution in [3.8, 4) is 5.75 Å². The molecule has 100 valence electrons. The van der Waals surface area contributed by atoms with Crippen LogP contribution in [-0.4, -0.2) is 44.3 Å². The van der Waals surface area contributed by atoms with Gasteiger partial charge in [0.1, 0.15) is 30.2 Å². The van der Waals surface area contributed by atoms with Crippen LogP contribution >= 0.6 is 0 Å². The smallest absolute Gasteiger partial charge is 0.159 e. The summed E-state index contributed by atoms with van der Waals surface area (Å²) in [5.41, 5.74) is 1.05. The van der Waals surface area contributed by atoms with E-state index < -0.39 is 15.9 Å². The molecule has 0 spiro atoms. The molecular formula is C12H18NO4S+. The number of nitrogens with two attached hydrogens (primary N) is 1. The zero-order chi connectivity index (χ0) is 13.2. The van der Waals surface area contributed by atoms with Crippen LogP contribution < -0.4 is 10.1 Å². The monoisotopic (exact) mass is 272 g/mol. The molecule has 5 nitrogen and oxygen atoms in total. The van der Waals surface area contributed by atoms with Crippen molar-refractivity contribution < 1.29 is 23.6 Å². The molecule has 1 aromatic carbocycles. The van der Waals surface area contributed by atoms with Gasteiger partial charge in [-0.05, 0) is 12.1 Å². The van der Waals surface area contributed by atoms with Crippen LogP contribution in [0.1, 0.15) is 5.56 Å². The minimum absolute atomic E-state index is 0.0537. The molecule has 6 heteroatoms. The summed E-state index contributed by atoms with van der Waals surface area (Å²) >= 11 is 0. The molecule has 0 unspecified atom stereocenters. The van der Waals surface area contributed by atoms with E-state index in [1.165, 1.54) is 0 Å². The molecule has 0 radical (unpaired) electrons. The van der Waals surface area contributed by atoms with Crippen molar-refractivity contribution in [3.63, 3.8) is 0 Å². The molecule has 2 rings (SSSR count). The third-order valence-electron chi connectivity index (χ3n) is 3.16. The quantitative estimate of drug-likeness (QED) is 0.730. The number of aliphatic hydroxyl groups is 1. The van der Waals surface area contributed by atoms with Gasteiger partial charge in [0.2, 0.25) is 0 Å². The van der Waals surface area contributed by atoms with Gasteiger partial charge >= 0.3 is 0 Å². The van der Waals surface area contributed by atoms with E-state index in [4.69, 9.17) is 4.74 Å². The number of quaternary nitrogens is 1. The largest absolute Gasteiger partial charge is 0.497 e. The summed E-state index contributed by atoms with van der Waals surface area (Å²) in [5, 5.41) is 11.5. The van der Waals surface area contributed by atoms with Crippen LogP contribution in [0.5, 0.6) is 5.75 Å². The number of hydrogen-bond acceptors (Lipinski definition) is 4. The first-order valence-electron chi connectivity index (χ1n) is 5.85. The second kappa shape index (κ2) is 5.26. The van der Waals surface area contributed by atoms with Crippen LogP contribution in [-0.2, 0) is 16.4 Å². The lowest BCUT2D eigenvalue weighted by molar-refractivity contribution is -0.705. The molecule has 1 aliphatic rings. The fraction of sp³-hybridized carbons (Fsp3) is 0.500. The predicted octanol–water partition coefficient (Wildman–Crippen LogP) is -1.08. The maximum atomic E-state index is 11.4. The van der Waals surface area contributed by atoms with Crippen molar-refractivity contribution in [2.75, 3.05) is 18.6 Å². The van der Waals surface area contributed by atoms with Crippen LogP contribution in [0.15, 0.2) is 24.3 Å². The average molecular weight is 272 g/mol. The average Bonchev–Trinajstić information content (AvgIpc) is 2.60. The van der Waals surface area contributed by atoms with Gasteiger partial charge < -0.3 is 15.2 Å². The Morgan fingerprint density at radius 2 is 2.22 bits per heavy atom. The van der Waals surface area contributed by atoms with Crippen molar-refractivity contribution in [3.05, 3.63) is 29.8 Å². The molecule has 0 aliphatic carbocycles. The lowest BCUT2D eigenvalue weighted by Gasteiger charge is -2.11. The summed E-state index contributed by atoms with van der Waals surface area (Å²) in [4.78, 5) is 0. The third-order valence-corrected chi connectivity index (χ3v) is 4.90. The number of methoxy groups -OCH3 is 1. The number of benzene rings is 1. The Hall–Kier alpha value is -1.11. The van der Waals surface area contributed by atoms with E-state index in [1.54, 1.807) is 7.11 Å². The minimum atomic E-state index is -3.07. The Morgan fingerprint density at radius 3 is 2.83 bits per heavy atom. The minimum Gasteiger partial charge on any atom is -0.497 e. The molecule has 1 heterocycles. The highest BCUT2D eigenvalue weighted by Crippen LogP contribution is 2.12. The molecular weight excluding hydrogens is 254 g/mol. The van der Waals surface area contributed by atoms with Gasteiger partial charge in [0.15, 0.2) is 9.84 Å². The Balaban J connectivity index is 1.95. The van der Waals surface area contributed by atoms with Crippen molar-refractivity contribution in [2.24, 2.45) is 0 Å². The zero-order valence-electron chi connectivity index (χ0n) is 10.2. The van der Waals surface area contributed by atoms with Crippen molar-refractivity contribution >= 4 is 9.84 Å². The van der Waals surface area contributed by atoms with E-state index in [2.05, 4.69) is 0 Å². The molecule has 0 saturated carbocycles. The number of hydrogen-bond donors (Lipinski definition) is 2. The van der Waals surface area contributed by atoms with E-state index in [0.29, 0.717) is 6.54 Å². The first-order valence-corrected chi connectivity index (χ1v) is 7.67. The maximum absolute atomic E-state index is 11.4. The zero-order valence-corrected chi connectivity index (χ0v) is 11.1. The lowest BCUT2D eigenvalue weighted by atomic mass is 10.1. The second-order valence-electron chi connectivity index (χ2n) is 4.60. The van der Waals surface area contributed by atoms with Gasteiger partial charge in [0.05, 0.1) is 12.9 Å². The summed E-state index contributed by atoms with van der Waals surface area (Å²) in [6, 6.07) is 7.35. The van der Waals surface area contributed by atoms with Gasteiger partial charge in [-0.1, -0.05) is 12.1 Å². The summed E-state index contributed by atoms with van der Waals surface area (Å²) in [7, 11) is -1.46. The molecule has 0 amide bonds. The Bertz CT molecular complexity index is 515. The highest BCUT2D eigenvalue weighted by atomic mass is 32.2. The van der Waals surface area contributed by atoms with Gasteiger partial charge in [-0.3, -0.25) is 0 Å². The van der Waals surface area contributed by atoms with E-state index >= 15 is 0 Å². The van der Waals surface area contributed by atoms with E-state index in [1.807, 2.05) is 29.6 Å². The SMILES string of the molecule is COc1cccc(C[NH2+][C@H]2CS(=O)(=O)C[C@H]2O)c1. The molecule has 1 fully saturated rings. The lowest BCUT2D eigenvalue weighted by Crippen LogP contribution is -2.91. The Morgan fingerprint density at radius 1 is 1.44 bits per heavy atom.